The fraction of sp³-hybridized carbons (Fsp3) is 0.278. The van der Waals surface area contributed by atoms with Crippen LogP contribution in [-0.4, -0.2) is 26.6 Å². The Morgan fingerprint density at radius 2 is 2.20 bits per heavy atom. The predicted molar refractivity (Wildman–Crippen MR) is 97.8 cm³/mol. The van der Waals surface area contributed by atoms with E-state index < -0.39 is 0 Å². The molecule has 4 rings (SSSR count). The van der Waals surface area contributed by atoms with E-state index in [1.54, 1.807) is 0 Å². The van der Waals surface area contributed by atoms with Gasteiger partial charge in [-0.1, -0.05) is 36.0 Å². The van der Waals surface area contributed by atoms with Gasteiger partial charge in [-0.05, 0) is 37.0 Å². The van der Waals surface area contributed by atoms with Gasteiger partial charge in [-0.3, -0.25) is 14.6 Å². The maximum atomic E-state index is 12.3. The van der Waals surface area contributed by atoms with Gasteiger partial charge in [0.05, 0.1) is 17.3 Å². The van der Waals surface area contributed by atoms with Crippen molar-refractivity contribution >= 4 is 28.7 Å². The molecule has 0 saturated carbocycles. The molecule has 128 valence electrons. The molecule has 1 atom stereocenters. The molecule has 0 radical (unpaired) electrons. The lowest BCUT2D eigenvalue weighted by Gasteiger charge is -2.13. The second kappa shape index (κ2) is 6.40. The number of thioether (sulfide) groups is 1. The van der Waals surface area contributed by atoms with Crippen molar-refractivity contribution in [1.82, 2.24) is 20.3 Å². The van der Waals surface area contributed by atoms with E-state index in [0.29, 0.717) is 16.2 Å². The molecule has 0 saturated heterocycles. The Balaban J connectivity index is 1.42. The zero-order chi connectivity index (χ0) is 17.4. The fourth-order valence-electron chi connectivity index (χ4n) is 3.28. The maximum absolute atomic E-state index is 12.3. The Bertz CT molecular complexity index is 1010. The molecule has 1 amide bonds. The second-order valence-corrected chi connectivity index (χ2v) is 7.19. The number of nitrogens with zero attached hydrogens (tertiary/aromatic N) is 1. The summed E-state index contributed by atoms with van der Waals surface area (Å²) in [7, 11) is 0. The van der Waals surface area contributed by atoms with E-state index in [1.807, 2.05) is 25.1 Å². The third kappa shape index (κ3) is 3.19. The summed E-state index contributed by atoms with van der Waals surface area (Å²) in [5.74, 6) is 0.163. The first-order chi connectivity index (χ1) is 12.1. The Morgan fingerprint density at radius 3 is 3.08 bits per heavy atom. The fourth-order valence-corrected chi connectivity index (χ4v) is 3.96. The summed E-state index contributed by atoms with van der Waals surface area (Å²) >= 11 is 1.24. The third-order valence-electron chi connectivity index (χ3n) is 4.41. The first-order valence-electron chi connectivity index (χ1n) is 8.20. The first kappa shape index (κ1) is 16.0. The van der Waals surface area contributed by atoms with E-state index >= 15 is 0 Å². The molecule has 3 N–H and O–H groups in total. The van der Waals surface area contributed by atoms with Crippen molar-refractivity contribution in [1.29, 1.82) is 0 Å². The SMILES string of the molecule is Cc1cc2nc(SCC(=O)NC3CCc4ccccc43)[nH]c(=O)c2[nH]1. The number of H-pyrrole nitrogens is 2. The van der Waals surface area contributed by atoms with Gasteiger partial charge in [-0.2, -0.15) is 0 Å². The highest BCUT2D eigenvalue weighted by Crippen LogP contribution is 2.30. The number of benzene rings is 1. The zero-order valence-electron chi connectivity index (χ0n) is 13.8. The summed E-state index contributed by atoms with van der Waals surface area (Å²) in [6.07, 6.45) is 1.92. The molecule has 1 aromatic carbocycles. The number of fused-ring (bicyclic) bond motifs is 2. The molecule has 0 bridgehead atoms. The van der Waals surface area contributed by atoms with Gasteiger partial charge in [0.2, 0.25) is 5.91 Å². The van der Waals surface area contributed by atoms with Crippen LogP contribution < -0.4 is 10.9 Å². The summed E-state index contributed by atoms with van der Waals surface area (Å²) in [5, 5.41) is 3.53. The lowest BCUT2D eigenvalue weighted by atomic mass is 10.1. The Morgan fingerprint density at radius 1 is 1.36 bits per heavy atom. The largest absolute Gasteiger partial charge is 0.353 e. The topological polar surface area (TPSA) is 90.6 Å². The standard InChI is InChI=1S/C18H18N4O2S/c1-10-8-14-16(19-10)17(24)22-18(21-14)25-9-15(23)20-13-7-6-11-4-2-3-5-12(11)13/h2-5,8,13,19H,6-7,9H2,1H3,(H,20,23)(H,21,22,24). The lowest BCUT2D eigenvalue weighted by molar-refractivity contribution is -0.119. The number of aromatic amines is 2. The van der Waals surface area contributed by atoms with Crippen LogP contribution in [0.3, 0.4) is 0 Å². The molecule has 7 heteroatoms. The Labute approximate surface area is 148 Å². The highest BCUT2D eigenvalue weighted by Gasteiger charge is 2.23. The van der Waals surface area contributed by atoms with E-state index in [4.69, 9.17) is 0 Å². The summed E-state index contributed by atoms with van der Waals surface area (Å²) in [4.78, 5) is 34.4. The normalized spacial score (nSPS) is 16.1. The minimum absolute atomic E-state index is 0.0558. The average Bonchev–Trinajstić information content (AvgIpc) is 3.17. The van der Waals surface area contributed by atoms with Crippen molar-refractivity contribution in [3.63, 3.8) is 0 Å². The number of rotatable bonds is 4. The van der Waals surface area contributed by atoms with E-state index in [9.17, 15) is 9.59 Å². The summed E-state index contributed by atoms with van der Waals surface area (Å²) < 4.78 is 0. The molecule has 25 heavy (non-hydrogen) atoms. The number of hydrogen-bond donors (Lipinski definition) is 3. The van der Waals surface area contributed by atoms with Crippen LogP contribution in [0.5, 0.6) is 0 Å². The minimum atomic E-state index is -0.217. The molecule has 0 spiro atoms. The number of nitrogens with one attached hydrogen (secondary N) is 3. The van der Waals surface area contributed by atoms with Gasteiger partial charge >= 0.3 is 0 Å². The first-order valence-corrected chi connectivity index (χ1v) is 9.18. The lowest BCUT2D eigenvalue weighted by Crippen LogP contribution is -2.28. The van der Waals surface area contributed by atoms with Gasteiger partial charge in [0.25, 0.3) is 5.56 Å². The molecule has 2 aromatic heterocycles. The molecule has 6 nitrogen and oxygen atoms in total. The van der Waals surface area contributed by atoms with E-state index in [-0.39, 0.29) is 23.3 Å². The summed E-state index contributed by atoms with van der Waals surface area (Å²) in [6, 6.07) is 10.1. The van der Waals surface area contributed by atoms with Gasteiger partial charge in [0.15, 0.2) is 5.16 Å². The highest BCUT2D eigenvalue weighted by atomic mass is 32.2. The zero-order valence-corrected chi connectivity index (χ0v) is 14.6. The summed E-state index contributed by atoms with van der Waals surface area (Å²) in [5.41, 5.74) is 4.26. The number of aromatic nitrogens is 3. The molecule has 1 aliphatic carbocycles. The molecule has 0 aliphatic heterocycles. The number of carbonyl (C=O) groups excluding carboxylic acids is 1. The van der Waals surface area contributed by atoms with Crippen LogP contribution in [0.1, 0.15) is 29.3 Å². The Kier molecular flexibility index (Phi) is 4.09. The van der Waals surface area contributed by atoms with Crippen molar-refractivity contribution in [3.8, 4) is 0 Å². The number of aryl methyl sites for hydroxylation is 2. The van der Waals surface area contributed by atoms with Crippen molar-refractivity contribution in [2.75, 3.05) is 5.75 Å². The van der Waals surface area contributed by atoms with E-state index in [2.05, 4.69) is 32.4 Å². The van der Waals surface area contributed by atoms with Gasteiger partial charge in [-0.15, -0.1) is 0 Å². The molecule has 0 fully saturated rings. The van der Waals surface area contributed by atoms with Gasteiger partial charge in [-0.25, -0.2) is 4.98 Å². The highest BCUT2D eigenvalue weighted by molar-refractivity contribution is 7.99. The van der Waals surface area contributed by atoms with Gasteiger partial charge in [0.1, 0.15) is 5.52 Å². The molecule has 1 aliphatic rings. The quantitative estimate of drug-likeness (QED) is 0.496. The van der Waals surface area contributed by atoms with Crippen LogP contribution in [0.25, 0.3) is 11.0 Å². The van der Waals surface area contributed by atoms with E-state index in [1.165, 1.54) is 22.9 Å². The molecule has 3 aromatic rings. The third-order valence-corrected chi connectivity index (χ3v) is 5.28. The van der Waals surface area contributed by atoms with Gasteiger partial charge < -0.3 is 10.3 Å². The predicted octanol–water partition coefficient (Wildman–Crippen LogP) is 2.46. The second-order valence-electron chi connectivity index (χ2n) is 6.23. The van der Waals surface area contributed by atoms with Crippen LogP contribution in [0.2, 0.25) is 0 Å². The smallest absolute Gasteiger partial charge is 0.275 e. The monoisotopic (exact) mass is 354 g/mol. The average molecular weight is 354 g/mol. The molecular formula is C18H18N4O2S. The number of amides is 1. The summed E-state index contributed by atoms with van der Waals surface area (Å²) in [6.45, 7) is 1.88. The molecule has 1 unspecified atom stereocenters. The van der Waals surface area contributed by atoms with Crippen LogP contribution in [0.4, 0.5) is 0 Å². The van der Waals surface area contributed by atoms with Crippen molar-refractivity contribution in [2.45, 2.75) is 31.0 Å². The van der Waals surface area contributed by atoms with Crippen LogP contribution in [0.15, 0.2) is 40.3 Å². The number of carbonyl (C=O) groups is 1. The Hall–Kier alpha value is -2.54. The van der Waals surface area contributed by atoms with Crippen molar-refractivity contribution in [3.05, 3.63) is 57.5 Å². The maximum Gasteiger partial charge on any atom is 0.275 e. The van der Waals surface area contributed by atoms with Crippen LogP contribution >= 0.6 is 11.8 Å². The molecule has 2 heterocycles. The van der Waals surface area contributed by atoms with Crippen molar-refractivity contribution < 1.29 is 4.79 Å². The van der Waals surface area contributed by atoms with Crippen LogP contribution in [0, 0.1) is 6.92 Å². The van der Waals surface area contributed by atoms with Crippen LogP contribution in [-0.2, 0) is 11.2 Å². The van der Waals surface area contributed by atoms with Crippen molar-refractivity contribution in [2.24, 2.45) is 0 Å². The minimum Gasteiger partial charge on any atom is -0.353 e. The van der Waals surface area contributed by atoms with Gasteiger partial charge in [0, 0.05) is 5.69 Å². The number of hydrogen-bond acceptors (Lipinski definition) is 4. The van der Waals surface area contributed by atoms with E-state index in [0.717, 1.165) is 18.5 Å². The molecular weight excluding hydrogens is 336 g/mol.